The van der Waals surface area contributed by atoms with Crippen LogP contribution in [0.2, 0.25) is 0 Å². The zero-order valence-corrected chi connectivity index (χ0v) is 13.7. The van der Waals surface area contributed by atoms with E-state index in [1.807, 2.05) is 19.1 Å². The maximum absolute atomic E-state index is 12.4. The number of nitrogens with zero attached hydrogens (tertiary/aromatic N) is 2. The van der Waals surface area contributed by atoms with E-state index in [1.165, 1.54) is 4.90 Å². The number of primary amides is 1. The molecular formula is C17H20N4O3. The molecule has 0 spiro atoms. The number of hydrogen-bond acceptors (Lipinski definition) is 3. The minimum Gasteiger partial charge on any atom is -0.467 e. The minimum absolute atomic E-state index is 0.181. The summed E-state index contributed by atoms with van der Waals surface area (Å²) in [7, 11) is 1.71. The number of amides is 4. The Morgan fingerprint density at radius 3 is 2.83 bits per heavy atom. The normalized spacial score (nSPS) is 14.2. The Balaban J connectivity index is 1.70. The van der Waals surface area contributed by atoms with Gasteiger partial charge in [0.15, 0.2) is 0 Å². The first-order valence-corrected chi connectivity index (χ1v) is 7.74. The summed E-state index contributed by atoms with van der Waals surface area (Å²) in [5, 5.41) is 2.87. The molecule has 1 aliphatic rings. The maximum Gasteiger partial charge on any atom is 0.322 e. The van der Waals surface area contributed by atoms with Crippen LogP contribution in [0.3, 0.4) is 0 Å². The van der Waals surface area contributed by atoms with Crippen LogP contribution in [0, 0.1) is 0 Å². The average molecular weight is 328 g/mol. The van der Waals surface area contributed by atoms with E-state index in [9.17, 15) is 9.59 Å². The fraction of sp³-hybridized carbons (Fsp3) is 0.294. The first-order valence-electron chi connectivity index (χ1n) is 7.74. The van der Waals surface area contributed by atoms with E-state index in [0.29, 0.717) is 12.2 Å². The van der Waals surface area contributed by atoms with E-state index in [2.05, 4.69) is 5.32 Å². The first-order chi connectivity index (χ1) is 11.5. The van der Waals surface area contributed by atoms with Gasteiger partial charge >= 0.3 is 12.1 Å². The van der Waals surface area contributed by atoms with E-state index in [4.69, 9.17) is 10.2 Å². The predicted molar refractivity (Wildman–Crippen MR) is 91.0 cm³/mol. The quantitative estimate of drug-likeness (QED) is 0.907. The van der Waals surface area contributed by atoms with Crippen molar-refractivity contribution in [3.05, 3.63) is 47.9 Å². The van der Waals surface area contributed by atoms with Gasteiger partial charge in [-0.25, -0.2) is 9.59 Å². The lowest BCUT2D eigenvalue weighted by Crippen LogP contribution is -2.34. The molecule has 24 heavy (non-hydrogen) atoms. The molecule has 3 rings (SSSR count). The third-order valence-electron chi connectivity index (χ3n) is 4.35. The lowest BCUT2D eigenvalue weighted by atomic mass is 10.1. The monoisotopic (exact) mass is 328 g/mol. The van der Waals surface area contributed by atoms with Crippen molar-refractivity contribution in [2.75, 3.05) is 23.8 Å². The molecule has 0 radical (unpaired) electrons. The Labute approximate surface area is 140 Å². The molecule has 7 heteroatoms. The summed E-state index contributed by atoms with van der Waals surface area (Å²) >= 11 is 0. The van der Waals surface area contributed by atoms with Gasteiger partial charge in [0.25, 0.3) is 0 Å². The van der Waals surface area contributed by atoms with Crippen LogP contribution in [-0.2, 0) is 6.42 Å². The van der Waals surface area contributed by atoms with E-state index in [0.717, 1.165) is 23.4 Å². The Morgan fingerprint density at radius 1 is 1.38 bits per heavy atom. The Hall–Kier alpha value is -2.96. The van der Waals surface area contributed by atoms with Gasteiger partial charge in [-0.3, -0.25) is 4.90 Å². The van der Waals surface area contributed by atoms with Gasteiger partial charge in [-0.15, -0.1) is 0 Å². The number of rotatable bonds is 3. The van der Waals surface area contributed by atoms with Crippen molar-refractivity contribution >= 4 is 23.4 Å². The molecule has 4 amide bonds. The van der Waals surface area contributed by atoms with Crippen molar-refractivity contribution in [3.8, 4) is 0 Å². The molecule has 0 saturated carbocycles. The summed E-state index contributed by atoms with van der Waals surface area (Å²) in [4.78, 5) is 26.9. The van der Waals surface area contributed by atoms with Crippen molar-refractivity contribution < 1.29 is 14.0 Å². The number of hydrogen-bond donors (Lipinski definition) is 2. The molecule has 3 N–H and O–H groups in total. The second-order valence-electron chi connectivity index (χ2n) is 5.82. The topological polar surface area (TPSA) is 91.8 Å². The van der Waals surface area contributed by atoms with Crippen molar-refractivity contribution in [2.45, 2.75) is 19.4 Å². The second kappa shape index (κ2) is 6.27. The molecule has 1 unspecified atom stereocenters. The fourth-order valence-electron chi connectivity index (χ4n) is 2.82. The summed E-state index contributed by atoms with van der Waals surface area (Å²) in [6.45, 7) is 2.46. The summed E-state index contributed by atoms with van der Waals surface area (Å²) in [6.07, 6.45) is 2.31. The highest BCUT2D eigenvalue weighted by molar-refractivity contribution is 5.94. The van der Waals surface area contributed by atoms with Crippen molar-refractivity contribution in [1.82, 2.24) is 4.90 Å². The standard InChI is InChI=1S/C17H20N4O3/c1-11(15-4-3-9-24-15)20(2)17(23)19-13-5-6-14-12(10-13)7-8-21(14)16(18)22/h3-6,9-11H,7-8H2,1-2H3,(H2,18,22)(H,19,23). The van der Waals surface area contributed by atoms with Gasteiger partial charge in [0.1, 0.15) is 5.76 Å². The second-order valence-corrected chi connectivity index (χ2v) is 5.82. The highest BCUT2D eigenvalue weighted by atomic mass is 16.3. The summed E-state index contributed by atoms with van der Waals surface area (Å²) in [6, 6.07) is 8.20. The third kappa shape index (κ3) is 2.92. The molecule has 2 heterocycles. The van der Waals surface area contributed by atoms with Gasteiger partial charge in [-0.1, -0.05) is 0 Å². The summed E-state index contributed by atoms with van der Waals surface area (Å²) in [5.41, 5.74) is 7.83. The zero-order chi connectivity index (χ0) is 17.3. The predicted octanol–water partition coefficient (Wildman–Crippen LogP) is 2.95. The van der Waals surface area contributed by atoms with Gasteiger partial charge < -0.3 is 20.4 Å². The Kier molecular flexibility index (Phi) is 4.16. The van der Waals surface area contributed by atoms with Crippen LogP contribution >= 0.6 is 0 Å². The Bertz CT molecular complexity index is 757. The molecule has 126 valence electrons. The van der Waals surface area contributed by atoms with Crippen LogP contribution < -0.4 is 16.0 Å². The minimum atomic E-state index is -0.461. The molecule has 0 aliphatic carbocycles. The van der Waals surface area contributed by atoms with E-state index < -0.39 is 6.03 Å². The zero-order valence-electron chi connectivity index (χ0n) is 13.7. The van der Waals surface area contributed by atoms with Crippen molar-refractivity contribution in [2.24, 2.45) is 5.73 Å². The number of nitrogens with one attached hydrogen (secondary N) is 1. The number of carbonyl (C=O) groups excluding carboxylic acids is 2. The molecule has 0 saturated heterocycles. The van der Waals surface area contributed by atoms with E-state index in [1.54, 1.807) is 36.4 Å². The highest BCUT2D eigenvalue weighted by Crippen LogP contribution is 2.30. The molecule has 1 aromatic carbocycles. The number of carbonyl (C=O) groups is 2. The van der Waals surface area contributed by atoms with Gasteiger partial charge in [-0.05, 0) is 49.2 Å². The number of fused-ring (bicyclic) bond motifs is 1. The number of benzene rings is 1. The molecule has 0 fully saturated rings. The number of furan rings is 1. The lowest BCUT2D eigenvalue weighted by molar-refractivity contribution is 0.201. The van der Waals surface area contributed by atoms with E-state index >= 15 is 0 Å². The van der Waals surface area contributed by atoms with Gasteiger partial charge in [-0.2, -0.15) is 0 Å². The maximum atomic E-state index is 12.4. The Morgan fingerprint density at radius 2 is 2.17 bits per heavy atom. The molecular weight excluding hydrogens is 308 g/mol. The molecule has 2 aromatic rings. The fourth-order valence-corrected chi connectivity index (χ4v) is 2.82. The number of urea groups is 2. The largest absolute Gasteiger partial charge is 0.467 e. The van der Waals surface area contributed by atoms with Crippen molar-refractivity contribution in [3.63, 3.8) is 0 Å². The molecule has 0 bridgehead atoms. The SMILES string of the molecule is CC(c1ccco1)N(C)C(=O)Nc1ccc2c(c1)CCN2C(N)=O. The van der Waals surface area contributed by atoms with Gasteiger partial charge in [0.05, 0.1) is 12.3 Å². The summed E-state index contributed by atoms with van der Waals surface area (Å²) < 4.78 is 5.34. The van der Waals surface area contributed by atoms with Gasteiger partial charge in [0, 0.05) is 25.0 Å². The van der Waals surface area contributed by atoms with Crippen LogP contribution in [0.25, 0.3) is 0 Å². The number of anilines is 2. The molecule has 1 atom stereocenters. The first kappa shape index (κ1) is 15.9. The average Bonchev–Trinajstić information content (AvgIpc) is 3.22. The highest BCUT2D eigenvalue weighted by Gasteiger charge is 2.24. The third-order valence-corrected chi connectivity index (χ3v) is 4.35. The molecule has 1 aliphatic heterocycles. The lowest BCUT2D eigenvalue weighted by Gasteiger charge is -2.23. The molecule has 7 nitrogen and oxygen atoms in total. The van der Waals surface area contributed by atoms with Crippen LogP contribution in [0.5, 0.6) is 0 Å². The van der Waals surface area contributed by atoms with Gasteiger partial charge in [0.2, 0.25) is 0 Å². The van der Waals surface area contributed by atoms with Crippen LogP contribution in [-0.4, -0.2) is 30.6 Å². The van der Waals surface area contributed by atoms with Crippen molar-refractivity contribution in [1.29, 1.82) is 0 Å². The van der Waals surface area contributed by atoms with Crippen LogP contribution in [0.15, 0.2) is 41.0 Å². The summed E-state index contributed by atoms with van der Waals surface area (Å²) in [5.74, 6) is 0.721. The van der Waals surface area contributed by atoms with Crippen LogP contribution in [0.1, 0.15) is 24.3 Å². The smallest absolute Gasteiger partial charge is 0.322 e. The van der Waals surface area contributed by atoms with Crippen LogP contribution in [0.4, 0.5) is 21.0 Å². The van der Waals surface area contributed by atoms with E-state index in [-0.39, 0.29) is 12.1 Å². The molecule has 1 aromatic heterocycles. The number of nitrogens with two attached hydrogens (primary N) is 1.